The average molecular weight is 363 g/mol. The molecule has 1 aliphatic carbocycles. The number of carbonyl (C=O) groups excluding carboxylic acids is 2. The lowest BCUT2D eigenvalue weighted by molar-refractivity contribution is -0.118. The third kappa shape index (κ3) is 5.08. The van der Waals surface area contributed by atoms with Crippen LogP contribution >= 0.6 is 0 Å². The van der Waals surface area contributed by atoms with E-state index in [1.807, 2.05) is 6.07 Å². The van der Waals surface area contributed by atoms with Gasteiger partial charge in [0.1, 0.15) is 5.75 Å². The van der Waals surface area contributed by atoms with Gasteiger partial charge in [0.05, 0.1) is 22.9 Å². The monoisotopic (exact) mass is 363 g/mol. The molecule has 0 saturated heterocycles. The van der Waals surface area contributed by atoms with Gasteiger partial charge in [-0.1, -0.05) is 31.0 Å². The number of carbonyl (C=O) groups is 2. The second-order valence-electron chi connectivity index (χ2n) is 6.48. The van der Waals surface area contributed by atoms with Crippen LogP contribution in [0.5, 0.6) is 5.75 Å². The van der Waals surface area contributed by atoms with E-state index in [2.05, 4.69) is 10.6 Å². The number of nitrogens with zero attached hydrogens (tertiary/aromatic N) is 1. The van der Waals surface area contributed by atoms with Crippen molar-refractivity contribution < 1.29 is 14.3 Å². The highest BCUT2D eigenvalue weighted by atomic mass is 16.5. The average Bonchev–Trinajstić information content (AvgIpc) is 3.20. The molecule has 6 heteroatoms. The van der Waals surface area contributed by atoms with Crippen LogP contribution in [0.4, 0.5) is 5.69 Å². The second kappa shape index (κ2) is 8.86. The minimum Gasteiger partial charge on any atom is -0.484 e. The van der Waals surface area contributed by atoms with Gasteiger partial charge in [-0.2, -0.15) is 5.26 Å². The van der Waals surface area contributed by atoms with E-state index in [1.165, 1.54) is 0 Å². The number of benzene rings is 2. The maximum atomic E-state index is 12.5. The van der Waals surface area contributed by atoms with E-state index < -0.39 is 0 Å². The Morgan fingerprint density at radius 1 is 1.11 bits per heavy atom. The summed E-state index contributed by atoms with van der Waals surface area (Å²) in [5.74, 6) is -0.115. The number of hydrogen-bond donors (Lipinski definition) is 2. The van der Waals surface area contributed by atoms with Gasteiger partial charge in [-0.3, -0.25) is 9.59 Å². The summed E-state index contributed by atoms with van der Waals surface area (Å²) in [4.78, 5) is 24.8. The Morgan fingerprint density at radius 2 is 1.89 bits per heavy atom. The molecule has 1 saturated carbocycles. The van der Waals surface area contributed by atoms with Crippen LogP contribution in [-0.2, 0) is 4.79 Å². The number of nitrogens with one attached hydrogen (secondary N) is 2. The van der Waals surface area contributed by atoms with Crippen molar-refractivity contribution in [1.29, 1.82) is 5.26 Å². The molecule has 138 valence electrons. The molecule has 0 aromatic heterocycles. The fourth-order valence-electron chi connectivity index (χ4n) is 3.11. The third-order valence-corrected chi connectivity index (χ3v) is 4.47. The summed E-state index contributed by atoms with van der Waals surface area (Å²) in [5, 5.41) is 14.6. The van der Waals surface area contributed by atoms with Crippen LogP contribution in [0.1, 0.15) is 41.6 Å². The lowest BCUT2D eigenvalue weighted by atomic mass is 10.1. The van der Waals surface area contributed by atoms with Gasteiger partial charge >= 0.3 is 0 Å². The number of ether oxygens (including phenoxy) is 1. The van der Waals surface area contributed by atoms with Crippen molar-refractivity contribution in [3.8, 4) is 11.8 Å². The highest BCUT2D eigenvalue weighted by molar-refractivity contribution is 6.04. The number of anilines is 1. The molecule has 6 nitrogen and oxygen atoms in total. The van der Waals surface area contributed by atoms with Crippen molar-refractivity contribution in [3.63, 3.8) is 0 Å². The third-order valence-electron chi connectivity index (χ3n) is 4.47. The summed E-state index contributed by atoms with van der Waals surface area (Å²) in [6, 6.07) is 15.7. The Bertz CT molecular complexity index is 867. The van der Waals surface area contributed by atoms with Crippen molar-refractivity contribution in [2.24, 2.45) is 0 Å². The molecule has 0 heterocycles. The summed E-state index contributed by atoms with van der Waals surface area (Å²) in [6.45, 7) is -0.215. The summed E-state index contributed by atoms with van der Waals surface area (Å²) < 4.78 is 5.43. The van der Waals surface area contributed by atoms with Crippen LogP contribution in [0.25, 0.3) is 0 Å². The lowest BCUT2D eigenvalue weighted by Crippen LogP contribution is -2.33. The van der Waals surface area contributed by atoms with Gasteiger partial charge in [0, 0.05) is 6.04 Å². The fraction of sp³-hybridized carbons (Fsp3) is 0.286. The first-order chi connectivity index (χ1) is 13.2. The van der Waals surface area contributed by atoms with Gasteiger partial charge in [0.2, 0.25) is 0 Å². The molecule has 0 atom stereocenters. The number of nitriles is 1. The molecule has 3 rings (SSSR count). The highest BCUT2D eigenvalue weighted by Crippen LogP contribution is 2.20. The van der Waals surface area contributed by atoms with Crippen molar-refractivity contribution in [2.45, 2.75) is 31.7 Å². The standard InChI is InChI=1S/C21H21N3O3/c22-13-15-6-5-9-17(12-15)27-14-20(25)24-19-11-4-3-10-18(19)21(26)23-16-7-1-2-8-16/h3-6,9-12,16H,1-2,7-8,14H2,(H,23,26)(H,24,25). The van der Waals surface area contributed by atoms with Gasteiger partial charge in [-0.25, -0.2) is 0 Å². The Balaban J connectivity index is 1.60. The second-order valence-corrected chi connectivity index (χ2v) is 6.48. The van der Waals surface area contributed by atoms with E-state index in [-0.39, 0.29) is 24.5 Å². The first-order valence-corrected chi connectivity index (χ1v) is 8.98. The first kappa shape index (κ1) is 18.5. The van der Waals surface area contributed by atoms with Crippen molar-refractivity contribution in [2.75, 3.05) is 11.9 Å². The zero-order chi connectivity index (χ0) is 19.1. The first-order valence-electron chi connectivity index (χ1n) is 8.98. The molecule has 0 aliphatic heterocycles. The number of hydrogen-bond acceptors (Lipinski definition) is 4. The number of amides is 2. The molecular formula is C21H21N3O3. The predicted octanol–water partition coefficient (Wildman–Crippen LogP) is 3.25. The molecule has 2 aromatic carbocycles. The lowest BCUT2D eigenvalue weighted by Gasteiger charge is -2.15. The Kier molecular flexibility index (Phi) is 6.06. The highest BCUT2D eigenvalue weighted by Gasteiger charge is 2.20. The van der Waals surface area contributed by atoms with E-state index in [4.69, 9.17) is 10.00 Å². The topological polar surface area (TPSA) is 91.2 Å². The molecule has 0 unspecified atom stereocenters. The minimum absolute atomic E-state index is 0.180. The summed E-state index contributed by atoms with van der Waals surface area (Å²) in [6.07, 6.45) is 4.26. The minimum atomic E-state index is -0.376. The Morgan fingerprint density at radius 3 is 2.67 bits per heavy atom. The van der Waals surface area contributed by atoms with Gasteiger partial charge in [-0.05, 0) is 43.2 Å². The Hall–Kier alpha value is -3.33. The van der Waals surface area contributed by atoms with Crippen LogP contribution in [0.15, 0.2) is 48.5 Å². The molecular weight excluding hydrogens is 342 g/mol. The van der Waals surface area contributed by atoms with Crippen molar-refractivity contribution >= 4 is 17.5 Å². The number of rotatable bonds is 6. The van der Waals surface area contributed by atoms with E-state index in [0.717, 1.165) is 25.7 Å². The molecule has 2 aromatic rings. The van der Waals surface area contributed by atoms with E-state index in [9.17, 15) is 9.59 Å². The zero-order valence-corrected chi connectivity index (χ0v) is 14.9. The summed E-state index contributed by atoms with van der Waals surface area (Å²) in [5.41, 5.74) is 1.35. The van der Waals surface area contributed by atoms with Gasteiger partial charge in [0.15, 0.2) is 6.61 Å². The van der Waals surface area contributed by atoms with Crippen LogP contribution in [0, 0.1) is 11.3 Å². The van der Waals surface area contributed by atoms with Gasteiger partial charge in [-0.15, -0.1) is 0 Å². The Labute approximate surface area is 158 Å². The van der Waals surface area contributed by atoms with E-state index >= 15 is 0 Å². The van der Waals surface area contributed by atoms with Crippen LogP contribution in [0.3, 0.4) is 0 Å². The van der Waals surface area contributed by atoms with E-state index in [1.54, 1.807) is 48.5 Å². The molecule has 1 fully saturated rings. The van der Waals surface area contributed by atoms with Crippen molar-refractivity contribution in [1.82, 2.24) is 5.32 Å². The largest absolute Gasteiger partial charge is 0.484 e. The molecule has 1 aliphatic rings. The summed E-state index contributed by atoms with van der Waals surface area (Å²) in [7, 11) is 0. The van der Waals surface area contributed by atoms with E-state index in [0.29, 0.717) is 22.6 Å². The number of para-hydroxylation sites is 1. The molecule has 2 N–H and O–H groups in total. The SMILES string of the molecule is N#Cc1cccc(OCC(=O)Nc2ccccc2C(=O)NC2CCCC2)c1. The van der Waals surface area contributed by atoms with Crippen LogP contribution in [0.2, 0.25) is 0 Å². The maximum Gasteiger partial charge on any atom is 0.262 e. The smallest absolute Gasteiger partial charge is 0.262 e. The fourth-order valence-corrected chi connectivity index (χ4v) is 3.11. The zero-order valence-electron chi connectivity index (χ0n) is 14.9. The summed E-state index contributed by atoms with van der Waals surface area (Å²) >= 11 is 0. The predicted molar refractivity (Wildman–Crippen MR) is 101 cm³/mol. The molecule has 0 spiro atoms. The van der Waals surface area contributed by atoms with Gasteiger partial charge < -0.3 is 15.4 Å². The molecule has 27 heavy (non-hydrogen) atoms. The van der Waals surface area contributed by atoms with Gasteiger partial charge in [0.25, 0.3) is 11.8 Å². The van der Waals surface area contributed by atoms with Crippen molar-refractivity contribution in [3.05, 3.63) is 59.7 Å². The molecule has 0 bridgehead atoms. The molecule has 0 radical (unpaired) electrons. The quantitative estimate of drug-likeness (QED) is 0.824. The van der Waals surface area contributed by atoms with Crippen LogP contribution in [-0.4, -0.2) is 24.5 Å². The maximum absolute atomic E-state index is 12.5. The molecule has 2 amide bonds. The normalized spacial score (nSPS) is 13.6. The van der Waals surface area contributed by atoms with Crippen LogP contribution < -0.4 is 15.4 Å².